The summed E-state index contributed by atoms with van der Waals surface area (Å²) in [6.45, 7) is 13.2. The van der Waals surface area contributed by atoms with Gasteiger partial charge in [0.05, 0.1) is 6.61 Å². The molecule has 1 aliphatic heterocycles. The smallest absolute Gasteiger partial charge is 0.0591 e. The fourth-order valence-corrected chi connectivity index (χ4v) is 2.22. The van der Waals surface area contributed by atoms with E-state index in [-0.39, 0.29) is 0 Å². The van der Waals surface area contributed by atoms with Crippen molar-refractivity contribution in [1.29, 1.82) is 0 Å². The van der Waals surface area contributed by atoms with Gasteiger partial charge in [-0.1, -0.05) is 13.8 Å². The summed E-state index contributed by atoms with van der Waals surface area (Å²) >= 11 is 0. The van der Waals surface area contributed by atoms with Gasteiger partial charge in [0, 0.05) is 25.7 Å². The Labute approximate surface area is 107 Å². The van der Waals surface area contributed by atoms with Gasteiger partial charge in [-0.15, -0.1) is 0 Å². The molecule has 1 heterocycles. The van der Waals surface area contributed by atoms with Crippen LogP contribution in [0.3, 0.4) is 0 Å². The van der Waals surface area contributed by atoms with Crippen LogP contribution in [-0.4, -0.2) is 50.3 Å². The normalized spacial score (nSPS) is 19.1. The van der Waals surface area contributed by atoms with Crippen LogP contribution in [0.15, 0.2) is 0 Å². The average molecular weight is 242 g/mol. The molecular weight excluding hydrogens is 212 g/mol. The molecule has 1 N–H and O–H groups in total. The van der Waals surface area contributed by atoms with Crippen LogP contribution in [0.4, 0.5) is 0 Å². The number of rotatable bonds is 9. The molecule has 1 fully saturated rings. The number of hydrogen-bond acceptors (Lipinski definition) is 3. The summed E-state index contributed by atoms with van der Waals surface area (Å²) in [5, 5.41) is 3.53. The Morgan fingerprint density at radius 2 is 1.82 bits per heavy atom. The van der Waals surface area contributed by atoms with Gasteiger partial charge < -0.3 is 15.0 Å². The van der Waals surface area contributed by atoms with Gasteiger partial charge >= 0.3 is 0 Å². The van der Waals surface area contributed by atoms with Gasteiger partial charge in [0.2, 0.25) is 0 Å². The van der Waals surface area contributed by atoms with Gasteiger partial charge in [0.25, 0.3) is 0 Å². The molecule has 0 aliphatic carbocycles. The van der Waals surface area contributed by atoms with Crippen molar-refractivity contribution in [2.24, 2.45) is 5.92 Å². The molecule has 3 heteroatoms. The van der Waals surface area contributed by atoms with Crippen molar-refractivity contribution in [3.63, 3.8) is 0 Å². The second-order valence-electron chi connectivity index (χ2n) is 5.66. The molecule has 0 saturated carbocycles. The predicted molar refractivity (Wildman–Crippen MR) is 73.4 cm³/mol. The minimum Gasteiger partial charge on any atom is -0.380 e. The van der Waals surface area contributed by atoms with E-state index in [9.17, 15) is 0 Å². The van der Waals surface area contributed by atoms with Gasteiger partial charge in [0.15, 0.2) is 0 Å². The number of ether oxygens (including phenoxy) is 1. The van der Waals surface area contributed by atoms with E-state index in [0.29, 0.717) is 6.04 Å². The van der Waals surface area contributed by atoms with E-state index >= 15 is 0 Å². The minimum absolute atomic E-state index is 0.585. The van der Waals surface area contributed by atoms with Gasteiger partial charge in [-0.2, -0.15) is 0 Å². The Morgan fingerprint density at radius 3 is 2.47 bits per heavy atom. The molecule has 1 aliphatic rings. The van der Waals surface area contributed by atoms with Gasteiger partial charge in [-0.25, -0.2) is 0 Å². The van der Waals surface area contributed by atoms with E-state index in [2.05, 4.69) is 31.0 Å². The molecule has 1 atom stereocenters. The third kappa shape index (κ3) is 7.74. The molecule has 0 spiro atoms. The van der Waals surface area contributed by atoms with Crippen molar-refractivity contribution < 1.29 is 4.74 Å². The van der Waals surface area contributed by atoms with Crippen molar-refractivity contribution >= 4 is 0 Å². The molecule has 0 aromatic heterocycles. The molecule has 102 valence electrons. The summed E-state index contributed by atoms with van der Waals surface area (Å²) < 4.78 is 5.59. The second kappa shape index (κ2) is 8.90. The van der Waals surface area contributed by atoms with Crippen LogP contribution in [0.1, 0.15) is 40.0 Å². The Bertz CT molecular complexity index is 179. The van der Waals surface area contributed by atoms with E-state index in [1.165, 1.54) is 38.9 Å². The van der Waals surface area contributed by atoms with Crippen LogP contribution >= 0.6 is 0 Å². The molecule has 0 aromatic rings. The molecule has 0 bridgehead atoms. The quantitative estimate of drug-likeness (QED) is 0.627. The number of nitrogens with one attached hydrogen (secondary N) is 1. The van der Waals surface area contributed by atoms with Crippen LogP contribution in [0, 0.1) is 5.92 Å². The zero-order valence-electron chi connectivity index (χ0n) is 11.9. The maximum absolute atomic E-state index is 5.59. The molecular formula is C14H30N2O. The van der Waals surface area contributed by atoms with E-state index in [1.807, 2.05) is 0 Å². The topological polar surface area (TPSA) is 24.5 Å². The highest BCUT2D eigenvalue weighted by Crippen LogP contribution is 2.07. The molecule has 0 radical (unpaired) electrons. The number of hydrogen-bond donors (Lipinski definition) is 1. The van der Waals surface area contributed by atoms with Crippen LogP contribution in [-0.2, 0) is 4.74 Å². The summed E-state index contributed by atoms with van der Waals surface area (Å²) in [6, 6.07) is 0.585. The lowest BCUT2D eigenvalue weighted by Gasteiger charge is -2.21. The lowest BCUT2D eigenvalue weighted by Crippen LogP contribution is -2.39. The van der Waals surface area contributed by atoms with Crippen LogP contribution in [0.5, 0.6) is 0 Å². The van der Waals surface area contributed by atoms with E-state index < -0.39 is 0 Å². The van der Waals surface area contributed by atoms with E-state index in [4.69, 9.17) is 4.74 Å². The van der Waals surface area contributed by atoms with Crippen molar-refractivity contribution in [2.75, 3.05) is 39.4 Å². The van der Waals surface area contributed by atoms with Crippen molar-refractivity contribution in [1.82, 2.24) is 10.2 Å². The molecule has 17 heavy (non-hydrogen) atoms. The third-order valence-corrected chi connectivity index (χ3v) is 3.31. The highest BCUT2D eigenvalue weighted by molar-refractivity contribution is 4.72. The van der Waals surface area contributed by atoms with Crippen LogP contribution in [0.2, 0.25) is 0 Å². The first-order chi connectivity index (χ1) is 8.18. The van der Waals surface area contributed by atoms with E-state index in [1.54, 1.807) is 0 Å². The summed E-state index contributed by atoms with van der Waals surface area (Å²) in [4.78, 5) is 2.55. The Balaban J connectivity index is 1.87. The molecule has 0 aromatic carbocycles. The van der Waals surface area contributed by atoms with Gasteiger partial charge in [-0.05, 0) is 45.2 Å². The number of nitrogens with zero attached hydrogens (tertiary/aromatic N) is 1. The van der Waals surface area contributed by atoms with Gasteiger partial charge in [0.1, 0.15) is 0 Å². The minimum atomic E-state index is 0.585. The van der Waals surface area contributed by atoms with Gasteiger partial charge in [-0.3, -0.25) is 0 Å². The second-order valence-corrected chi connectivity index (χ2v) is 5.66. The molecule has 1 saturated heterocycles. The fourth-order valence-electron chi connectivity index (χ4n) is 2.22. The molecule has 3 nitrogen and oxygen atoms in total. The average Bonchev–Trinajstić information content (AvgIpc) is 2.75. The lowest BCUT2D eigenvalue weighted by molar-refractivity contribution is 0.122. The van der Waals surface area contributed by atoms with Crippen molar-refractivity contribution in [3.8, 4) is 0 Å². The molecule has 1 rings (SSSR count). The van der Waals surface area contributed by atoms with Crippen molar-refractivity contribution in [2.45, 2.75) is 46.1 Å². The third-order valence-electron chi connectivity index (χ3n) is 3.31. The fraction of sp³-hybridized carbons (Fsp3) is 1.00. The lowest BCUT2D eigenvalue weighted by atomic mass is 10.1. The Hall–Kier alpha value is -0.120. The summed E-state index contributed by atoms with van der Waals surface area (Å²) in [7, 11) is 0. The first kappa shape index (κ1) is 14.9. The van der Waals surface area contributed by atoms with E-state index in [0.717, 1.165) is 25.7 Å². The largest absolute Gasteiger partial charge is 0.380 e. The molecule has 1 unspecified atom stereocenters. The Kier molecular flexibility index (Phi) is 7.82. The molecule has 0 amide bonds. The van der Waals surface area contributed by atoms with Crippen LogP contribution < -0.4 is 5.32 Å². The Morgan fingerprint density at radius 1 is 1.12 bits per heavy atom. The highest BCUT2D eigenvalue weighted by atomic mass is 16.5. The summed E-state index contributed by atoms with van der Waals surface area (Å²) in [5.74, 6) is 0.747. The maximum atomic E-state index is 5.59. The number of likely N-dealkylation sites (tertiary alicyclic amines) is 1. The standard InChI is InChI=1S/C14H30N2O/c1-13(2)6-10-17-11-7-15-14(3)12-16-8-4-5-9-16/h13-15H,4-12H2,1-3H3. The first-order valence-corrected chi connectivity index (χ1v) is 7.22. The zero-order valence-corrected chi connectivity index (χ0v) is 11.9. The maximum Gasteiger partial charge on any atom is 0.0591 e. The highest BCUT2D eigenvalue weighted by Gasteiger charge is 2.13. The SMILES string of the molecule is CC(C)CCOCCNC(C)CN1CCCC1. The summed E-state index contributed by atoms with van der Waals surface area (Å²) in [6.07, 6.45) is 3.93. The predicted octanol–water partition coefficient (Wildman–Crippen LogP) is 2.12. The zero-order chi connectivity index (χ0) is 12.5. The monoisotopic (exact) mass is 242 g/mol. The van der Waals surface area contributed by atoms with Crippen molar-refractivity contribution in [3.05, 3.63) is 0 Å². The summed E-state index contributed by atoms with van der Waals surface area (Å²) in [5.41, 5.74) is 0. The first-order valence-electron chi connectivity index (χ1n) is 7.22. The van der Waals surface area contributed by atoms with Crippen LogP contribution in [0.25, 0.3) is 0 Å².